The van der Waals surface area contributed by atoms with Gasteiger partial charge >= 0.3 is 7.60 Å². The topological polar surface area (TPSA) is 57.5 Å². The van der Waals surface area contributed by atoms with Gasteiger partial charge in [-0.1, -0.05) is 49.1 Å². The molecule has 0 bridgehead atoms. The number of benzene rings is 1. The van der Waals surface area contributed by atoms with Gasteiger partial charge in [0.25, 0.3) is 0 Å². The molecule has 0 atom stereocenters. The normalized spacial score (nSPS) is 12.8. The van der Waals surface area contributed by atoms with Crippen LogP contribution in [-0.2, 0) is 11.0 Å². The van der Waals surface area contributed by atoms with Crippen molar-refractivity contribution in [3.8, 4) is 0 Å². The minimum atomic E-state index is -3.84. The monoisotopic (exact) mass is 272 g/mol. The highest BCUT2D eigenvalue weighted by Gasteiger charge is 2.16. The van der Waals surface area contributed by atoms with Crippen molar-refractivity contribution in [2.75, 3.05) is 6.16 Å². The summed E-state index contributed by atoms with van der Waals surface area (Å²) in [5.74, 6) is 0. The largest absolute Gasteiger partial charge is 0.325 e. The van der Waals surface area contributed by atoms with E-state index in [4.69, 9.17) is 9.79 Å². The zero-order valence-electron chi connectivity index (χ0n) is 10.7. The minimum Gasteiger partial charge on any atom is -0.324 e. The van der Waals surface area contributed by atoms with E-state index in [2.05, 4.69) is 31.8 Å². The van der Waals surface area contributed by atoms with Gasteiger partial charge in [-0.3, -0.25) is 4.57 Å². The van der Waals surface area contributed by atoms with E-state index in [1.807, 2.05) is 12.1 Å². The van der Waals surface area contributed by atoms with Crippen LogP contribution in [0.5, 0.6) is 0 Å². The molecule has 0 aliphatic heterocycles. The summed E-state index contributed by atoms with van der Waals surface area (Å²) in [6.45, 7) is 6.88. The Bertz CT molecular complexity index is 420. The third kappa shape index (κ3) is 5.64. The first-order valence-electron chi connectivity index (χ1n) is 5.82. The highest BCUT2D eigenvalue weighted by atomic mass is 31.2. The lowest BCUT2D eigenvalue weighted by Crippen LogP contribution is -2.37. The fraction of sp³-hybridized carbons (Fsp3) is 0.500. The van der Waals surface area contributed by atoms with Crippen LogP contribution in [0, 0.1) is 0 Å². The third-order valence-corrected chi connectivity index (χ3v) is 5.65. The molecule has 17 heavy (non-hydrogen) atoms. The van der Waals surface area contributed by atoms with Crippen molar-refractivity contribution < 1.29 is 14.4 Å². The summed E-state index contributed by atoms with van der Waals surface area (Å²) >= 11 is 0. The molecular formula is C12H21O3PSi. The molecule has 0 aromatic heterocycles. The molecular weight excluding hydrogens is 251 g/mol. The van der Waals surface area contributed by atoms with E-state index in [-0.39, 0.29) is 6.16 Å². The van der Waals surface area contributed by atoms with Gasteiger partial charge in [0.2, 0.25) is 0 Å². The van der Waals surface area contributed by atoms with Gasteiger partial charge in [0.05, 0.1) is 14.2 Å². The Morgan fingerprint density at radius 2 is 1.88 bits per heavy atom. The summed E-state index contributed by atoms with van der Waals surface area (Å²) in [7, 11) is -5.13. The van der Waals surface area contributed by atoms with Crippen LogP contribution in [0.4, 0.5) is 0 Å². The molecule has 3 nitrogen and oxygen atoms in total. The Labute approximate surface area is 104 Å². The molecule has 1 aromatic rings. The maximum absolute atomic E-state index is 10.7. The van der Waals surface area contributed by atoms with E-state index in [1.165, 1.54) is 10.8 Å². The van der Waals surface area contributed by atoms with Crippen LogP contribution in [0.2, 0.25) is 19.6 Å². The van der Waals surface area contributed by atoms with Gasteiger partial charge in [-0.2, -0.15) is 0 Å². The summed E-state index contributed by atoms with van der Waals surface area (Å²) in [4.78, 5) is 17.6. The number of hydrogen-bond donors (Lipinski definition) is 2. The molecule has 0 unspecified atom stereocenters. The standard InChI is InChI=1S/C12H21O3PSi/c1-17(2,3)12-8-4-6-11(10-12)7-5-9-16(13,14)15/h4,6,8,10H,5,7,9H2,1-3H3,(H2,13,14,15). The first-order chi connectivity index (χ1) is 7.68. The predicted molar refractivity (Wildman–Crippen MR) is 74.7 cm³/mol. The van der Waals surface area contributed by atoms with Crippen LogP contribution < -0.4 is 5.19 Å². The van der Waals surface area contributed by atoms with Crippen molar-refractivity contribution in [2.24, 2.45) is 0 Å². The molecule has 1 aromatic carbocycles. The molecule has 0 saturated carbocycles. The van der Waals surface area contributed by atoms with E-state index in [0.717, 1.165) is 6.42 Å². The number of hydrogen-bond acceptors (Lipinski definition) is 1. The summed E-state index contributed by atoms with van der Waals surface area (Å²) < 4.78 is 10.7. The smallest absolute Gasteiger partial charge is 0.324 e. The molecule has 0 spiro atoms. The maximum Gasteiger partial charge on any atom is 0.325 e. The van der Waals surface area contributed by atoms with Crippen molar-refractivity contribution in [1.82, 2.24) is 0 Å². The quantitative estimate of drug-likeness (QED) is 0.639. The van der Waals surface area contributed by atoms with Crippen LogP contribution in [0.1, 0.15) is 12.0 Å². The van der Waals surface area contributed by atoms with Crippen molar-refractivity contribution in [3.05, 3.63) is 29.8 Å². The Morgan fingerprint density at radius 1 is 1.24 bits per heavy atom. The predicted octanol–water partition coefficient (Wildman–Crippen LogP) is 2.34. The van der Waals surface area contributed by atoms with Gasteiger partial charge in [-0.25, -0.2) is 0 Å². The molecule has 0 radical (unpaired) electrons. The molecule has 0 saturated heterocycles. The highest BCUT2D eigenvalue weighted by Crippen LogP contribution is 2.35. The Balaban J connectivity index is 2.64. The van der Waals surface area contributed by atoms with Crippen molar-refractivity contribution in [1.29, 1.82) is 0 Å². The van der Waals surface area contributed by atoms with Crippen LogP contribution in [0.3, 0.4) is 0 Å². The number of rotatable bonds is 5. The van der Waals surface area contributed by atoms with Gasteiger partial charge in [0, 0.05) is 0 Å². The molecule has 96 valence electrons. The van der Waals surface area contributed by atoms with Gasteiger partial charge < -0.3 is 9.79 Å². The van der Waals surface area contributed by atoms with E-state index in [9.17, 15) is 4.57 Å². The van der Waals surface area contributed by atoms with E-state index >= 15 is 0 Å². The average Bonchev–Trinajstić information content (AvgIpc) is 2.15. The SMILES string of the molecule is C[Si](C)(C)c1cccc(CCCP(=O)(O)O)c1. The Morgan fingerprint density at radius 3 is 2.41 bits per heavy atom. The molecule has 5 heteroatoms. The second-order valence-electron chi connectivity index (χ2n) is 5.44. The second kappa shape index (κ2) is 5.49. The first-order valence-corrected chi connectivity index (χ1v) is 11.1. The molecule has 0 amide bonds. The van der Waals surface area contributed by atoms with Crippen molar-refractivity contribution in [2.45, 2.75) is 32.5 Å². The van der Waals surface area contributed by atoms with Crippen LogP contribution >= 0.6 is 7.60 Å². The van der Waals surface area contributed by atoms with Crippen LogP contribution in [-0.4, -0.2) is 24.0 Å². The lowest BCUT2D eigenvalue weighted by Gasteiger charge is -2.17. The zero-order valence-corrected chi connectivity index (χ0v) is 12.6. The third-order valence-electron chi connectivity index (χ3n) is 2.71. The fourth-order valence-corrected chi connectivity index (χ4v) is 3.47. The Hall–Kier alpha value is -0.413. The van der Waals surface area contributed by atoms with Gasteiger partial charge in [-0.15, -0.1) is 0 Å². The van der Waals surface area contributed by atoms with E-state index in [1.54, 1.807) is 0 Å². The molecule has 0 fully saturated rings. The number of aryl methyl sites for hydroxylation is 1. The lowest BCUT2D eigenvalue weighted by molar-refractivity contribution is 0.371. The Kier molecular flexibility index (Phi) is 4.73. The second-order valence-corrected chi connectivity index (χ2v) is 12.3. The summed E-state index contributed by atoms with van der Waals surface area (Å²) in [6.07, 6.45) is 1.26. The molecule has 2 N–H and O–H groups in total. The zero-order chi connectivity index (χ0) is 13.1. The van der Waals surface area contributed by atoms with Crippen molar-refractivity contribution >= 4 is 20.9 Å². The van der Waals surface area contributed by atoms with Crippen molar-refractivity contribution in [3.63, 3.8) is 0 Å². The van der Waals surface area contributed by atoms with Crippen LogP contribution in [0.15, 0.2) is 24.3 Å². The highest BCUT2D eigenvalue weighted by molar-refractivity contribution is 7.51. The molecule has 0 aliphatic rings. The fourth-order valence-electron chi connectivity index (χ4n) is 1.68. The maximum atomic E-state index is 10.7. The van der Waals surface area contributed by atoms with Gasteiger partial charge in [-0.05, 0) is 18.4 Å². The molecule has 1 rings (SSSR count). The van der Waals surface area contributed by atoms with Crippen LogP contribution in [0.25, 0.3) is 0 Å². The van der Waals surface area contributed by atoms with Gasteiger partial charge in [0.15, 0.2) is 0 Å². The van der Waals surface area contributed by atoms with E-state index < -0.39 is 15.7 Å². The lowest BCUT2D eigenvalue weighted by atomic mass is 10.1. The summed E-state index contributed by atoms with van der Waals surface area (Å²) in [5, 5.41) is 1.39. The van der Waals surface area contributed by atoms with Gasteiger partial charge in [0.1, 0.15) is 0 Å². The van der Waals surface area contributed by atoms with E-state index in [0.29, 0.717) is 6.42 Å². The minimum absolute atomic E-state index is 0.0236. The average molecular weight is 272 g/mol. The summed E-state index contributed by atoms with van der Waals surface area (Å²) in [5.41, 5.74) is 1.18. The molecule has 0 aliphatic carbocycles. The first kappa shape index (κ1) is 14.6. The summed E-state index contributed by atoms with van der Waals surface area (Å²) in [6, 6.07) is 8.41. The molecule has 0 heterocycles.